The number of alkyl halides is 3. The number of hydrogen-bond acceptors (Lipinski definition) is 3. The molecule has 2 aromatic carbocycles. The van der Waals surface area contributed by atoms with Crippen LogP contribution in [-0.4, -0.2) is 50.1 Å². The van der Waals surface area contributed by atoms with E-state index in [9.17, 15) is 18.0 Å². The van der Waals surface area contributed by atoms with E-state index >= 15 is 0 Å². The quantitative estimate of drug-likeness (QED) is 0.716. The predicted molar refractivity (Wildman–Crippen MR) is 108 cm³/mol. The molecule has 1 heterocycles. The Morgan fingerprint density at radius 2 is 1.59 bits per heavy atom. The van der Waals surface area contributed by atoms with E-state index in [1.165, 1.54) is 17.8 Å². The summed E-state index contributed by atoms with van der Waals surface area (Å²) in [6.07, 6.45) is -3.41. The van der Waals surface area contributed by atoms with Gasteiger partial charge in [-0.2, -0.15) is 13.2 Å². The highest BCUT2D eigenvalue weighted by Crippen LogP contribution is 2.29. The number of nitrogens with one attached hydrogen (secondary N) is 1. The normalized spacial score (nSPS) is 15.3. The summed E-state index contributed by atoms with van der Waals surface area (Å²) in [5, 5.41) is 2.85. The number of amides is 1. The molecule has 0 bridgehead atoms. The van der Waals surface area contributed by atoms with Gasteiger partial charge in [-0.15, -0.1) is 0 Å². The van der Waals surface area contributed by atoms with E-state index < -0.39 is 11.7 Å². The smallest absolute Gasteiger partial charge is 0.369 e. The molecule has 4 nitrogen and oxygen atoms in total. The summed E-state index contributed by atoms with van der Waals surface area (Å²) in [6.45, 7) is 5.46. The van der Waals surface area contributed by atoms with Crippen molar-refractivity contribution in [3.8, 4) is 0 Å². The molecule has 1 fully saturated rings. The molecule has 7 heteroatoms. The Balaban J connectivity index is 1.31. The highest BCUT2D eigenvalue weighted by Gasteiger charge is 2.29. The average molecular weight is 405 g/mol. The topological polar surface area (TPSA) is 35.6 Å². The second-order valence-electron chi connectivity index (χ2n) is 7.24. The third-order valence-electron chi connectivity index (χ3n) is 5.11. The first kappa shape index (κ1) is 21.2. The Morgan fingerprint density at radius 3 is 2.21 bits per heavy atom. The first-order chi connectivity index (χ1) is 13.9. The van der Waals surface area contributed by atoms with Gasteiger partial charge in [0, 0.05) is 38.4 Å². The number of nitrogens with zero attached hydrogens (tertiary/aromatic N) is 2. The lowest BCUT2D eigenvalue weighted by molar-refractivity contribution is -0.137. The summed E-state index contributed by atoms with van der Waals surface area (Å²) in [4.78, 5) is 16.8. The molecule has 29 heavy (non-hydrogen) atoms. The van der Waals surface area contributed by atoms with Crippen molar-refractivity contribution in [3.63, 3.8) is 0 Å². The lowest BCUT2D eigenvalue weighted by atomic mass is 10.1. The van der Waals surface area contributed by atoms with Crippen LogP contribution in [0.4, 0.5) is 18.9 Å². The zero-order valence-electron chi connectivity index (χ0n) is 16.3. The molecule has 0 spiro atoms. The van der Waals surface area contributed by atoms with Crippen LogP contribution in [0.25, 0.3) is 0 Å². The lowest BCUT2D eigenvalue weighted by Crippen LogP contribution is -2.47. The molecule has 1 aliphatic heterocycles. The number of para-hydroxylation sites is 1. The van der Waals surface area contributed by atoms with Crippen molar-refractivity contribution in [2.75, 3.05) is 44.2 Å². The Hall–Kier alpha value is -2.54. The molecule has 0 atom stereocenters. The summed E-state index contributed by atoms with van der Waals surface area (Å²) >= 11 is 0. The summed E-state index contributed by atoms with van der Waals surface area (Å²) < 4.78 is 37.7. The fourth-order valence-corrected chi connectivity index (χ4v) is 3.46. The van der Waals surface area contributed by atoms with Gasteiger partial charge in [0.15, 0.2) is 0 Å². The zero-order chi connectivity index (χ0) is 20.7. The third kappa shape index (κ3) is 6.49. The van der Waals surface area contributed by atoms with Crippen LogP contribution in [0.1, 0.15) is 17.5 Å². The number of halogens is 3. The molecule has 0 aliphatic carbocycles. The van der Waals surface area contributed by atoms with Gasteiger partial charge in [-0.3, -0.25) is 9.69 Å². The lowest BCUT2D eigenvalue weighted by Gasteiger charge is -2.36. The molecule has 0 aromatic heterocycles. The van der Waals surface area contributed by atoms with Crippen molar-refractivity contribution in [1.82, 2.24) is 10.2 Å². The molecule has 1 N–H and O–H groups in total. The monoisotopic (exact) mass is 405 g/mol. The standard InChI is InChI=1S/C22H26F3N3O/c23-22(24,25)19-9-7-18(8-10-19)17-21(29)26-11-4-12-27-13-15-28(16-14-27)20-5-2-1-3-6-20/h1-3,5-10H,4,11-17H2,(H,26,29). The Morgan fingerprint density at radius 1 is 0.931 bits per heavy atom. The molecule has 1 amide bonds. The van der Waals surface area contributed by atoms with Crippen LogP contribution in [0, 0.1) is 0 Å². The molecule has 1 aliphatic rings. The van der Waals surface area contributed by atoms with Crippen molar-refractivity contribution in [2.45, 2.75) is 19.0 Å². The summed E-state index contributed by atoms with van der Waals surface area (Å²) in [5.41, 5.74) is 1.13. The van der Waals surface area contributed by atoms with E-state index in [2.05, 4.69) is 39.4 Å². The number of carbonyl (C=O) groups is 1. The van der Waals surface area contributed by atoms with E-state index in [1.807, 2.05) is 6.07 Å². The summed E-state index contributed by atoms with van der Waals surface area (Å²) in [7, 11) is 0. The number of anilines is 1. The molecule has 2 aromatic rings. The number of piperazine rings is 1. The Bertz CT molecular complexity index is 770. The predicted octanol–water partition coefficient (Wildman–Crippen LogP) is 3.58. The van der Waals surface area contributed by atoms with Gasteiger partial charge in [-0.1, -0.05) is 30.3 Å². The maximum absolute atomic E-state index is 12.6. The molecular weight excluding hydrogens is 379 g/mol. The molecule has 3 rings (SSSR count). The van der Waals surface area contributed by atoms with Crippen LogP contribution < -0.4 is 10.2 Å². The van der Waals surface area contributed by atoms with Crippen molar-refractivity contribution in [2.24, 2.45) is 0 Å². The fraction of sp³-hybridized carbons (Fsp3) is 0.409. The van der Waals surface area contributed by atoms with Crippen molar-refractivity contribution < 1.29 is 18.0 Å². The summed E-state index contributed by atoms with van der Waals surface area (Å²) in [5.74, 6) is -0.168. The molecule has 0 radical (unpaired) electrons. The number of carbonyl (C=O) groups excluding carboxylic acids is 1. The van der Waals surface area contributed by atoms with Gasteiger partial charge in [0.05, 0.1) is 12.0 Å². The van der Waals surface area contributed by atoms with Crippen LogP contribution in [0.2, 0.25) is 0 Å². The Kier molecular flexibility index (Phi) is 7.14. The summed E-state index contributed by atoms with van der Waals surface area (Å²) in [6, 6.07) is 15.1. The van der Waals surface area contributed by atoms with Gasteiger partial charge >= 0.3 is 6.18 Å². The molecule has 1 saturated heterocycles. The van der Waals surface area contributed by atoms with Crippen LogP contribution >= 0.6 is 0 Å². The molecule has 0 saturated carbocycles. The largest absolute Gasteiger partial charge is 0.416 e. The molecular formula is C22H26F3N3O. The second kappa shape index (κ2) is 9.78. The van der Waals surface area contributed by atoms with Crippen LogP contribution in [-0.2, 0) is 17.4 Å². The second-order valence-corrected chi connectivity index (χ2v) is 7.24. The Labute approximate surface area is 169 Å². The molecule has 0 unspecified atom stereocenters. The molecule has 156 valence electrons. The number of benzene rings is 2. The van der Waals surface area contributed by atoms with Crippen LogP contribution in [0.15, 0.2) is 54.6 Å². The van der Waals surface area contributed by atoms with Gasteiger partial charge in [0.2, 0.25) is 5.91 Å². The van der Waals surface area contributed by atoms with E-state index in [4.69, 9.17) is 0 Å². The van der Waals surface area contributed by atoms with Crippen molar-refractivity contribution in [3.05, 3.63) is 65.7 Å². The van der Waals surface area contributed by atoms with Gasteiger partial charge in [0.1, 0.15) is 0 Å². The van der Waals surface area contributed by atoms with Gasteiger partial charge in [-0.05, 0) is 42.8 Å². The minimum absolute atomic E-state index is 0.0912. The van der Waals surface area contributed by atoms with Gasteiger partial charge in [0.25, 0.3) is 0 Å². The van der Waals surface area contributed by atoms with Gasteiger partial charge in [-0.25, -0.2) is 0 Å². The van der Waals surface area contributed by atoms with E-state index in [0.717, 1.165) is 51.3 Å². The van der Waals surface area contributed by atoms with E-state index in [-0.39, 0.29) is 12.3 Å². The van der Waals surface area contributed by atoms with Gasteiger partial charge < -0.3 is 10.2 Å². The van der Waals surface area contributed by atoms with E-state index in [0.29, 0.717) is 12.1 Å². The highest BCUT2D eigenvalue weighted by molar-refractivity contribution is 5.78. The fourth-order valence-electron chi connectivity index (χ4n) is 3.46. The highest BCUT2D eigenvalue weighted by atomic mass is 19.4. The van der Waals surface area contributed by atoms with Crippen molar-refractivity contribution >= 4 is 11.6 Å². The average Bonchev–Trinajstić information content (AvgIpc) is 2.72. The minimum atomic E-state index is -4.35. The zero-order valence-corrected chi connectivity index (χ0v) is 16.3. The maximum Gasteiger partial charge on any atom is 0.416 e. The minimum Gasteiger partial charge on any atom is -0.369 e. The van der Waals surface area contributed by atoms with Crippen LogP contribution in [0.5, 0.6) is 0 Å². The first-order valence-corrected chi connectivity index (χ1v) is 9.87. The SMILES string of the molecule is O=C(Cc1ccc(C(F)(F)F)cc1)NCCCN1CCN(c2ccccc2)CC1. The first-order valence-electron chi connectivity index (χ1n) is 9.87. The number of rotatable bonds is 7. The van der Waals surface area contributed by atoms with Crippen LogP contribution in [0.3, 0.4) is 0 Å². The van der Waals surface area contributed by atoms with Crippen molar-refractivity contribution in [1.29, 1.82) is 0 Å². The number of hydrogen-bond donors (Lipinski definition) is 1. The van der Waals surface area contributed by atoms with E-state index in [1.54, 1.807) is 0 Å². The maximum atomic E-state index is 12.6. The third-order valence-corrected chi connectivity index (χ3v) is 5.11.